The number of nitrogens with zero attached hydrogens (tertiary/aromatic N) is 3. The summed E-state index contributed by atoms with van der Waals surface area (Å²) < 4.78 is 1.72. The Bertz CT molecular complexity index is 753. The number of hydrogen-bond acceptors (Lipinski definition) is 3. The minimum atomic E-state index is -0.143. The fraction of sp³-hybridized carbons (Fsp3) is 0.389. The van der Waals surface area contributed by atoms with Crippen LogP contribution >= 0.6 is 0 Å². The van der Waals surface area contributed by atoms with Gasteiger partial charge in [-0.25, -0.2) is 0 Å². The molecule has 0 unspecified atom stereocenters. The van der Waals surface area contributed by atoms with E-state index in [4.69, 9.17) is 0 Å². The van der Waals surface area contributed by atoms with E-state index in [1.54, 1.807) is 22.8 Å². The topological polar surface area (TPSA) is 67.2 Å². The van der Waals surface area contributed by atoms with Crippen molar-refractivity contribution in [1.29, 1.82) is 0 Å². The van der Waals surface area contributed by atoms with E-state index in [-0.39, 0.29) is 17.7 Å². The molecule has 2 heterocycles. The highest BCUT2D eigenvalue weighted by molar-refractivity contribution is 5.96. The molecule has 6 nitrogen and oxygen atoms in total. The second-order valence-corrected chi connectivity index (χ2v) is 6.36. The van der Waals surface area contributed by atoms with Gasteiger partial charge in [-0.15, -0.1) is 0 Å². The fourth-order valence-electron chi connectivity index (χ4n) is 3.05. The summed E-state index contributed by atoms with van der Waals surface area (Å²) in [5, 5.41) is 7.04. The maximum absolute atomic E-state index is 12.3. The molecule has 1 aromatic carbocycles. The van der Waals surface area contributed by atoms with Crippen molar-refractivity contribution in [3.05, 3.63) is 47.8 Å². The number of para-hydroxylation sites is 1. The maximum atomic E-state index is 12.3. The Hall–Kier alpha value is -2.63. The average Bonchev–Trinajstić information content (AvgIpc) is 2.97. The first-order valence-electron chi connectivity index (χ1n) is 8.13. The minimum Gasteiger partial charge on any atom is -0.341 e. The van der Waals surface area contributed by atoms with Crippen LogP contribution in [-0.2, 0) is 29.6 Å². The molecular formula is C18H22N4O2. The van der Waals surface area contributed by atoms with Crippen LogP contribution in [0.25, 0.3) is 0 Å². The molecule has 1 aromatic heterocycles. The van der Waals surface area contributed by atoms with Crippen LogP contribution in [0.2, 0.25) is 0 Å². The molecule has 0 saturated carbocycles. The second-order valence-electron chi connectivity index (χ2n) is 6.36. The SMILES string of the molecule is CN(Cc1cnn(C)c1)C(=O)CC[C@@H]1Cc2ccccc2NC1=O. The van der Waals surface area contributed by atoms with E-state index in [1.807, 2.05) is 37.5 Å². The standard InChI is InChI=1S/C18H22N4O2/c1-21(11-13-10-19-22(2)12-13)17(23)8-7-15-9-14-5-3-4-6-16(14)20-18(15)24/h3-6,10,12,15H,7-9,11H2,1-2H3,(H,20,24)/t15-/m1/s1. The summed E-state index contributed by atoms with van der Waals surface area (Å²) in [4.78, 5) is 26.2. The summed E-state index contributed by atoms with van der Waals surface area (Å²) in [6.07, 6.45) is 5.29. The van der Waals surface area contributed by atoms with Crippen LogP contribution in [0.15, 0.2) is 36.7 Å². The van der Waals surface area contributed by atoms with E-state index in [9.17, 15) is 9.59 Å². The van der Waals surface area contributed by atoms with Gasteiger partial charge in [0.25, 0.3) is 0 Å². The van der Waals surface area contributed by atoms with E-state index >= 15 is 0 Å². The predicted molar refractivity (Wildman–Crippen MR) is 91.2 cm³/mol. The van der Waals surface area contributed by atoms with Gasteiger partial charge < -0.3 is 10.2 Å². The van der Waals surface area contributed by atoms with Crippen LogP contribution in [0.4, 0.5) is 5.69 Å². The van der Waals surface area contributed by atoms with Gasteiger partial charge >= 0.3 is 0 Å². The second kappa shape index (κ2) is 6.86. The molecule has 1 aliphatic rings. The number of carbonyl (C=O) groups excluding carboxylic acids is 2. The summed E-state index contributed by atoms with van der Waals surface area (Å²) in [7, 11) is 3.64. The van der Waals surface area contributed by atoms with Gasteiger partial charge in [0.1, 0.15) is 0 Å². The van der Waals surface area contributed by atoms with Gasteiger partial charge in [0.05, 0.1) is 6.20 Å². The van der Waals surface area contributed by atoms with Crippen LogP contribution in [0, 0.1) is 5.92 Å². The van der Waals surface area contributed by atoms with Gasteiger partial charge in [0.2, 0.25) is 11.8 Å². The number of nitrogens with one attached hydrogen (secondary N) is 1. The van der Waals surface area contributed by atoms with Gasteiger partial charge in [-0.05, 0) is 24.5 Å². The zero-order chi connectivity index (χ0) is 17.1. The zero-order valence-corrected chi connectivity index (χ0v) is 14.0. The molecule has 0 radical (unpaired) electrons. The highest BCUT2D eigenvalue weighted by atomic mass is 16.2. The molecule has 0 spiro atoms. The molecule has 24 heavy (non-hydrogen) atoms. The Labute approximate surface area is 141 Å². The van der Waals surface area contributed by atoms with Gasteiger partial charge in [0, 0.05) is 50.4 Å². The molecule has 0 fully saturated rings. The first-order chi connectivity index (χ1) is 11.5. The number of carbonyl (C=O) groups is 2. The number of fused-ring (bicyclic) bond motifs is 1. The Kier molecular flexibility index (Phi) is 4.64. The van der Waals surface area contributed by atoms with E-state index < -0.39 is 0 Å². The van der Waals surface area contributed by atoms with Crippen molar-refractivity contribution in [3.8, 4) is 0 Å². The van der Waals surface area contributed by atoms with Gasteiger partial charge in [-0.3, -0.25) is 14.3 Å². The third-order valence-corrected chi connectivity index (χ3v) is 4.42. The van der Waals surface area contributed by atoms with E-state index in [0.29, 0.717) is 25.8 Å². The molecule has 3 rings (SSSR count). The summed E-state index contributed by atoms with van der Waals surface area (Å²) in [5.74, 6) is -0.0856. The molecule has 6 heteroatoms. The molecule has 126 valence electrons. The first-order valence-corrected chi connectivity index (χ1v) is 8.13. The number of aromatic nitrogens is 2. The van der Waals surface area contributed by atoms with Crippen LogP contribution in [0.1, 0.15) is 24.0 Å². The Morgan fingerprint density at radius 2 is 2.21 bits per heavy atom. The van der Waals surface area contributed by atoms with Crippen LogP contribution < -0.4 is 5.32 Å². The quantitative estimate of drug-likeness (QED) is 0.913. The normalized spacial score (nSPS) is 16.4. The largest absolute Gasteiger partial charge is 0.341 e. The highest BCUT2D eigenvalue weighted by Crippen LogP contribution is 2.27. The monoisotopic (exact) mass is 326 g/mol. The van der Waals surface area contributed by atoms with E-state index in [0.717, 1.165) is 16.8 Å². The number of rotatable bonds is 5. The summed E-state index contributed by atoms with van der Waals surface area (Å²) in [6, 6.07) is 7.82. The van der Waals surface area contributed by atoms with Crippen molar-refractivity contribution >= 4 is 17.5 Å². The molecule has 2 amide bonds. The zero-order valence-electron chi connectivity index (χ0n) is 14.0. The lowest BCUT2D eigenvalue weighted by Gasteiger charge is -2.25. The lowest BCUT2D eigenvalue weighted by atomic mass is 9.89. The summed E-state index contributed by atoms with van der Waals surface area (Å²) >= 11 is 0. The Morgan fingerprint density at radius 3 is 2.96 bits per heavy atom. The van der Waals surface area contributed by atoms with Crippen molar-refractivity contribution in [2.45, 2.75) is 25.8 Å². The number of aryl methyl sites for hydroxylation is 1. The number of benzene rings is 1. The molecular weight excluding hydrogens is 304 g/mol. The molecule has 0 saturated heterocycles. The average molecular weight is 326 g/mol. The van der Waals surface area contributed by atoms with Crippen molar-refractivity contribution in [3.63, 3.8) is 0 Å². The smallest absolute Gasteiger partial charge is 0.227 e. The molecule has 0 bridgehead atoms. The third kappa shape index (κ3) is 3.64. The number of anilines is 1. The van der Waals surface area contributed by atoms with Gasteiger partial charge in [0.15, 0.2) is 0 Å². The number of hydrogen-bond donors (Lipinski definition) is 1. The Balaban J connectivity index is 1.53. The van der Waals surface area contributed by atoms with Crippen LogP contribution in [0.5, 0.6) is 0 Å². The van der Waals surface area contributed by atoms with Crippen LogP contribution in [0.3, 0.4) is 0 Å². The molecule has 0 aliphatic carbocycles. The lowest BCUT2D eigenvalue weighted by Crippen LogP contribution is -2.32. The van der Waals surface area contributed by atoms with Crippen molar-refractivity contribution in [1.82, 2.24) is 14.7 Å². The maximum Gasteiger partial charge on any atom is 0.227 e. The Morgan fingerprint density at radius 1 is 1.42 bits per heavy atom. The van der Waals surface area contributed by atoms with Gasteiger partial charge in [-0.2, -0.15) is 5.10 Å². The van der Waals surface area contributed by atoms with E-state index in [1.165, 1.54) is 0 Å². The van der Waals surface area contributed by atoms with Crippen molar-refractivity contribution in [2.24, 2.45) is 13.0 Å². The first kappa shape index (κ1) is 16.2. The van der Waals surface area contributed by atoms with Crippen LogP contribution in [-0.4, -0.2) is 33.5 Å². The molecule has 1 aliphatic heterocycles. The highest BCUT2D eigenvalue weighted by Gasteiger charge is 2.26. The van der Waals surface area contributed by atoms with Gasteiger partial charge in [-0.1, -0.05) is 18.2 Å². The fourth-order valence-corrected chi connectivity index (χ4v) is 3.05. The minimum absolute atomic E-state index is 0.0106. The molecule has 1 atom stereocenters. The number of amides is 2. The predicted octanol–water partition coefficient (Wildman–Crippen LogP) is 1.97. The lowest BCUT2D eigenvalue weighted by molar-refractivity contribution is -0.131. The van der Waals surface area contributed by atoms with E-state index in [2.05, 4.69) is 10.4 Å². The van der Waals surface area contributed by atoms with Crippen molar-refractivity contribution < 1.29 is 9.59 Å². The molecule has 2 aromatic rings. The van der Waals surface area contributed by atoms with Crippen molar-refractivity contribution in [2.75, 3.05) is 12.4 Å². The molecule has 1 N–H and O–H groups in total. The summed E-state index contributed by atoms with van der Waals surface area (Å²) in [6.45, 7) is 0.534. The third-order valence-electron chi connectivity index (χ3n) is 4.42. The summed E-state index contributed by atoms with van der Waals surface area (Å²) in [5.41, 5.74) is 3.02.